The average molecular weight is 324 g/mol. The third-order valence-electron chi connectivity index (χ3n) is 4.13. The topological polar surface area (TPSA) is 74.3 Å². The van der Waals surface area contributed by atoms with E-state index in [1.165, 1.54) is 0 Å². The van der Waals surface area contributed by atoms with E-state index < -0.39 is 6.04 Å². The molecule has 2 N–H and O–H groups in total. The van der Waals surface area contributed by atoms with Gasteiger partial charge in [-0.15, -0.1) is 0 Å². The van der Waals surface area contributed by atoms with Crippen LogP contribution in [0.2, 0.25) is 0 Å². The maximum Gasteiger partial charge on any atom is 0.315 e. The molecule has 1 saturated heterocycles. The molecule has 0 saturated carbocycles. The largest absolute Gasteiger partial charge is 0.332 e. The first-order valence-electron chi connectivity index (χ1n) is 7.98. The van der Waals surface area contributed by atoms with Crippen molar-refractivity contribution in [2.45, 2.75) is 25.4 Å². The van der Waals surface area contributed by atoms with Crippen LogP contribution in [0.3, 0.4) is 0 Å². The van der Waals surface area contributed by atoms with Crippen molar-refractivity contribution in [1.82, 2.24) is 15.6 Å². The average Bonchev–Trinajstić information content (AvgIpc) is 2.97. The number of carbonyl (C=O) groups is 2. The second kappa shape index (κ2) is 7.12. The number of para-hydroxylation sites is 1. The molecule has 0 radical (unpaired) electrons. The molecule has 0 aliphatic carbocycles. The van der Waals surface area contributed by atoms with Crippen LogP contribution in [0.4, 0.5) is 10.5 Å². The van der Waals surface area contributed by atoms with Crippen molar-refractivity contribution in [3.05, 3.63) is 60.4 Å². The van der Waals surface area contributed by atoms with Gasteiger partial charge in [-0.3, -0.25) is 9.78 Å². The van der Waals surface area contributed by atoms with Gasteiger partial charge in [0.1, 0.15) is 6.04 Å². The predicted octanol–water partition coefficient (Wildman–Crippen LogP) is 2.25. The van der Waals surface area contributed by atoms with Crippen molar-refractivity contribution in [3.8, 4) is 0 Å². The standard InChI is InChI=1S/C18H20N4O2/c1-13(14-7-10-19-11-8-14)20-18(24)21-16-9-12-22(17(16)23)15-5-3-2-4-6-15/h2-8,10-11,13,16H,9,12H2,1H3,(H2,20,21,24)/t13-,16-/m0/s1. The summed E-state index contributed by atoms with van der Waals surface area (Å²) in [6.07, 6.45) is 3.97. The summed E-state index contributed by atoms with van der Waals surface area (Å²) in [5.41, 5.74) is 1.82. The quantitative estimate of drug-likeness (QED) is 0.906. The smallest absolute Gasteiger partial charge is 0.315 e. The fourth-order valence-corrected chi connectivity index (χ4v) is 2.81. The fraction of sp³-hybridized carbons (Fsp3) is 0.278. The molecule has 1 aliphatic rings. The first kappa shape index (κ1) is 16.0. The molecule has 1 aromatic heterocycles. The van der Waals surface area contributed by atoms with Crippen LogP contribution in [0, 0.1) is 0 Å². The highest BCUT2D eigenvalue weighted by atomic mass is 16.2. The summed E-state index contributed by atoms with van der Waals surface area (Å²) in [7, 11) is 0. The highest BCUT2D eigenvalue weighted by Gasteiger charge is 2.33. The highest BCUT2D eigenvalue weighted by Crippen LogP contribution is 2.21. The van der Waals surface area contributed by atoms with Gasteiger partial charge in [-0.2, -0.15) is 0 Å². The summed E-state index contributed by atoms with van der Waals surface area (Å²) in [4.78, 5) is 30.3. The van der Waals surface area contributed by atoms with Gasteiger partial charge in [0.25, 0.3) is 0 Å². The van der Waals surface area contributed by atoms with E-state index in [0.29, 0.717) is 13.0 Å². The first-order valence-corrected chi connectivity index (χ1v) is 7.98. The molecule has 6 nitrogen and oxygen atoms in total. The van der Waals surface area contributed by atoms with Gasteiger partial charge in [-0.1, -0.05) is 18.2 Å². The normalized spacial score (nSPS) is 18.3. The second-order valence-electron chi connectivity index (χ2n) is 5.79. The molecule has 0 unspecified atom stereocenters. The van der Waals surface area contributed by atoms with Crippen LogP contribution in [0.5, 0.6) is 0 Å². The van der Waals surface area contributed by atoms with E-state index >= 15 is 0 Å². The van der Waals surface area contributed by atoms with Crippen molar-refractivity contribution < 1.29 is 9.59 Å². The van der Waals surface area contributed by atoms with Gasteiger partial charge in [-0.05, 0) is 43.2 Å². The number of hydrogen-bond acceptors (Lipinski definition) is 3. The van der Waals surface area contributed by atoms with Crippen LogP contribution >= 0.6 is 0 Å². The van der Waals surface area contributed by atoms with Crippen LogP contribution < -0.4 is 15.5 Å². The Morgan fingerprint density at radius 3 is 2.62 bits per heavy atom. The van der Waals surface area contributed by atoms with Crippen LogP contribution in [-0.4, -0.2) is 29.5 Å². The van der Waals surface area contributed by atoms with Crippen molar-refractivity contribution in [3.63, 3.8) is 0 Å². The molecule has 0 bridgehead atoms. The Bertz CT molecular complexity index is 705. The van der Waals surface area contributed by atoms with Crippen LogP contribution in [0.15, 0.2) is 54.9 Å². The van der Waals surface area contributed by atoms with E-state index in [0.717, 1.165) is 11.3 Å². The molecule has 24 heavy (non-hydrogen) atoms. The number of benzene rings is 1. The van der Waals surface area contributed by atoms with E-state index in [1.54, 1.807) is 17.3 Å². The third kappa shape index (κ3) is 3.53. The molecule has 1 aromatic carbocycles. The van der Waals surface area contributed by atoms with E-state index in [1.807, 2.05) is 49.4 Å². The Balaban J connectivity index is 1.57. The molecule has 2 aromatic rings. The molecule has 3 amide bonds. The monoisotopic (exact) mass is 324 g/mol. The maximum atomic E-state index is 12.5. The molecule has 2 heterocycles. The van der Waals surface area contributed by atoms with Gasteiger partial charge in [0.05, 0.1) is 6.04 Å². The second-order valence-corrected chi connectivity index (χ2v) is 5.79. The van der Waals surface area contributed by atoms with Gasteiger partial charge >= 0.3 is 6.03 Å². The van der Waals surface area contributed by atoms with Crippen LogP contribution in [0.25, 0.3) is 0 Å². The lowest BCUT2D eigenvalue weighted by molar-refractivity contribution is -0.118. The molecule has 6 heteroatoms. The van der Waals surface area contributed by atoms with Crippen molar-refractivity contribution in [1.29, 1.82) is 0 Å². The van der Waals surface area contributed by atoms with E-state index in [2.05, 4.69) is 15.6 Å². The molecular weight excluding hydrogens is 304 g/mol. The highest BCUT2D eigenvalue weighted by molar-refractivity contribution is 6.01. The summed E-state index contributed by atoms with van der Waals surface area (Å²) in [5.74, 6) is -0.0760. The van der Waals surface area contributed by atoms with Gasteiger partial charge in [0, 0.05) is 24.6 Å². The van der Waals surface area contributed by atoms with Crippen molar-refractivity contribution in [2.24, 2.45) is 0 Å². The van der Waals surface area contributed by atoms with E-state index in [4.69, 9.17) is 0 Å². The number of pyridine rings is 1. The fourth-order valence-electron chi connectivity index (χ4n) is 2.81. The third-order valence-corrected chi connectivity index (χ3v) is 4.13. The molecule has 3 rings (SSSR count). The molecule has 0 spiro atoms. The minimum absolute atomic E-state index is 0.0760. The van der Waals surface area contributed by atoms with Crippen LogP contribution in [0.1, 0.15) is 24.9 Å². The molecular formula is C18H20N4O2. The van der Waals surface area contributed by atoms with Gasteiger partial charge in [-0.25, -0.2) is 4.79 Å². The van der Waals surface area contributed by atoms with Gasteiger partial charge in [0.15, 0.2) is 0 Å². The number of nitrogens with one attached hydrogen (secondary N) is 2. The number of carbonyl (C=O) groups excluding carboxylic acids is 2. The zero-order valence-corrected chi connectivity index (χ0v) is 13.5. The summed E-state index contributed by atoms with van der Waals surface area (Å²) >= 11 is 0. The number of aromatic nitrogens is 1. The molecule has 1 aliphatic heterocycles. The van der Waals surface area contributed by atoms with E-state index in [-0.39, 0.29) is 18.0 Å². The Labute approximate surface area is 140 Å². The number of amides is 3. The van der Waals surface area contributed by atoms with Crippen LogP contribution in [-0.2, 0) is 4.79 Å². The number of nitrogens with zero attached hydrogens (tertiary/aromatic N) is 2. The van der Waals surface area contributed by atoms with Crippen molar-refractivity contribution in [2.75, 3.05) is 11.4 Å². The minimum atomic E-state index is -0.491. The lowest BCUT2D eigenvalue weighted by Crippen LogP contribution is -2.46. The summed E-state index contributed by atoms with van der Waals surface area (Å²) in [5, 5.41) is 5.62. The molecule has 2 atom stereocenters. The molecule has 1 fully saturated rings. The molecule has 124 valence electrons. The lowest BCUT2D eigenvalue weighted by Gasteiger charge is -2.19. The number of urea groups is 1. The Morgan fingerprint density at radius 2 is 1.92 bits per heavy atom. The Kier molecular flexibility index (Phi) is 4.74. The predicted molar refractivity (Wildman–Crippen MR) is 91.5 cm³/mol. The summed E-state index contributed by atoms with van der Waals surface area (Å²) < 4.78 is 0. The van der Waals surface area contributed by atoms with E-state index in [9.17, 15) is 9.59 Å². The zero-order chi connectivity index (χ0) is 16.9. The Hall–Kier alpha value is -2.89. The first-order chi connectivity index (χ1) is 11.6. The van der Waals surface area contributed by atoms with Crippen molar-refractivity contribution >= 4 is 17.6 Å². The van der Waals surface area contributed by atoms with Gasteiger partial charge in [0.2, 0.25) is 5.91 Å². The van der Waals surface area contributed by atoms with Gasteiger partial charge < -0.3 is 15.5 Å². The summed E-state index contributed by atoms with van der Waals surface area (Å²) in [6.45, 7) is 2.50. The number of anilines is 1. The number of hydrogen-bond donors (Lipinski definition) is 2. The lowest BCUT2D eigenvalue weighted by atomic mass is 10.1. The number of rotatable bonds is 4. The SMILES string of the molecule is C[C@H](NC(=O)N[C@H]1CCN(c2ccccc2)C1=O)c1ccncc1. The summed E-state index contributed by atoms with van der Waals surface area (Å²) in [6, 6.07) is 12.2. The Morgan fingerprint density at radius 1 is 1.21 bits per heavy atom. The zero-order valence-electron chi connectivity index (χ0n) is 13.5. The minimum Gasteiger partial charge on any atom is -0.332 e. The maximum absolute atomic E-state index is 12.5.